The summed E-state index contributed by atoms with van der Waals surface area (Å²) in [5.74, 6) is 0.828. The van der Waals surface area contributed by atoms with Crippen LogP contribution in [0, 0.1) is 11.3 Å². The van der Waals surface area contributed by atoms with Crippen LogP contribution in [0.3, 0.4) is 0 Å². The molecule has 4 fully saturated rings. The van der Waals surface area contributed by atoms with Crippen LogP contribution in [-0.2, 0) is 25.9 Å². The van der Waals surface area contributed by atoms with E-state index >= 15 is 0 Å². The molecule has 1 spiro atoms. The van der Waals surface area contributed by atoms with Gasteiger partial charge in [-0.1, -0.05) is 48.9 Å². The summed E-state index contributed by atoms with van der Waals surface area (Å²) >= 11 is 0. The number of nitrogens with zero attached hydrogens (tertiary/aromatic N) is 3. The number of piperidine rings is 1. The molecular formula is C34H46ClN3O5S. The lowest BCUT2D eigenvalue weighted by Gasteiger charge is -2.39. The molecule has 4 aliphatic rings. The number of halogens is 1. The average molecular weight is 644 g/mol. The highest BCUT2D eigenvalue weighted by atomic mass is 35.5. The predicted molar refractivity (Wildman–Crippen MR) is 173 cm³/mol. The zero-order valence-electron chi connectivity index (χ0n) is 25.7. The number of carbonyl (C=O) groups is 2. The maximum absolute atomic E-state index is 13.6. The normalized spacial score (nSPS) is 24.4. The van der Waals surface area contributed by atoms with Crippen molar-refractivity contribution in [3.05, 3.63) is 65.7 Å². The quantitative estimate of drug-likeness (QED) is 0.396. The van der Waals surface area contributed by atoms with E-state index in [0.717, 1.165) is 76.7 Å². The third kappa shape index (κ3) is 7.26. The molecule has 2 aromatic rings. The van der Waals surface area contributed by atoms with E-state index in [1.54, 1.807) is 12.1 Å². The summed E-state index contributed by atoms with van der Waals surface area (Å²) in [6.45, 7) is 5.33. The van der Waals surface area contributed by atoms with Gasteiger partial charge in [0.25, 0.3) is 0 Å². The summed E-state index contributed by atoms with van der Waals surface area (Å²) in [6.07, 6.45) is 9.16. The van der Waals surface area contributed by atoms with E-state index in [1.165, 1.54) is 18.2 Å². The maximum atomic E-state index is 13.6. The van der Waals surface area contributed by atoms with Gasteiger partial charge in [0.05, 0.1) is 10.3 Å². The number of sulfone groups is 1. The smallest absolute Gasteiger partial charge is 0.410 e. The number of benzene rings is 2. The Bertz CT molecular complexity index is 1390. The van der Waals surface area contributed by atoms with E-state index < -0.39 is 9.84 Å². The van der Waals surface area contributed by atoms with Gasteiger partial charge in [-0.2, -0.15) is 0 Å². The second-order valence-electron chi connectivity index (χ2n) is 13.3. The molecule has 2 aromatic carbocycles. The van der Waals surface area contributed by atoms with Crippen LogP contribution >= 0.6 is 12.4 Å². The van der Waals surface area contributed by atoms with Crippen LogP contribution in [0.1, 0.15) is 68.4 Å². The van der Waals surface area contributed by atoms with Crippen LogP contribution in [0.15, 0.2) is 59.5 Å². The van der Waals surface area contributed by atoms with Gasteiger partial charge in [0.15, 0.2) is 9.84 Å². The van der Waals surface area contributed by atoms with E-state index in [0.29, 0.717) is 30.4 Å². The van der Waals surface area contributed by atoms with Crippen LogP contribution in [0.25, 0.3) is 0 Å². The molecule has 6 rings (SSSR count). The van der Waals surface area contributed by atoms with Crippen molar-refractivity contribution in [2.75, 3.05) is 45.5 Å². The molecular weight excluding hydrogens is 598 g/mol. The summed E-state index contributed by atoms with van der Waals surface area (Å²) in [5, 5.41) is 0. The molecule has 10 heteroatoms. The van der Waals surface area contributed by atoms with E-state index in [2.05, 4.69) is 29.2 Å². The van der Waals surface area contributed by atoms with Gasteiger partial charge in [0, 0.05) is 44.9 Å². The zero-order valence-corrected chi connectivity index (χ0v) is 27.4. The van der Waals surface area contributed by atoms with Crippen molar-refractivity contribution in [2.45, 2.75) is 74.8 Å². The second kappa shape index (κ2) is 13.8. The molecule has 0 bridgehead atoms. The first-order chi connectivity index (χ1) is 20.7. The lowest BCUT2D eigenvalue weighted by atomic mass is 9.76. The fourth-order valence-electron chi connectivity index (χ4n) is 7.75. The highest BCUT2D eigenvalue weighted by Crippen LogP contribution is 2.43. The Kier molecular flexibility index (Phi) is 10.3. The van der Waals surface area contributed by atoms with Crippen molar-refractivity contribution in [3.8, 4) is 0 Å². The highest BCUT2D eigenvalue weighted by Gasteiger charge is 2.48. The molecule has 3 saturated heterocycles. The molecule has 240 valence electrons. The fraction of sp³-hybridized carbons (Fsp3) is 0.588. The number of hydrogen-bond donors (Lipinski definition) is 0. The standard InChI is InChI=1S/C34H45N3O5S.ClH/c1-43(40,41)30-14-12-26(13-15-30)22-36-21-18-34(32(36)38)16-19-35(20-17-34)23-28-24-37(25-31(28)27-8-4-2-5-9-27)33(39)42-29-10-6-3-7-11-29;/h2,4-5,8-9,12-15,28-29,31H,3,6-7,10-11,16-25H2,1H3;1H/t28-,31?;/m0./s1. The van der Waals surface area contributed by atoms with Gasteiger partial charge in [-0.25, -0.2) is 13.2 Å². The topological polar surface area (TPSA) is 87.2 Å². The number of ether oxygens (including phenoxy) is 1. The average Bonchev–Trinajstić information content (AvgIpc) is 3.56. The van der Waals surface area contributed by atoms with E-state index in [9.17, 15) is 18.0 Å². The van der Waals surface area contributed by atoms with Crippen molar-refractivity contribution in [2.24, 2.45) is 11.3 Å². The summed E-state index contributed by atoms with van der Waals surface area (Å²) in [5.41, 5.74) is 1.93. The van der Waals surface area contributed by atoms with Crippen molar-refractivity contribution in [1.29, 1.82) is 0 Å². The molecule has 3 aliphatic heterocycles. The molecule has 2 atom stereocenters. The minimum atomic E-state index is -3.24. The summed E-state index contributed by atoms with van der Waals surface area (Å²) in [6, 6.07) is 17.4. The van der Waals surface area contributed by atoms with Gasteiger partial charge in [0.1, 0.15) is 6.10 Å². The number of amides is 2. The maximum Gasteiger partial charge on any atom is 0.410 e. The number of hydrogen-bond acceptors (Lipinski definition) is 6. The molecule has 8 nitrogen and oxygen atoms in total. The van der Waals surface area contributed by atoms with Crippen LogP contribution in [0.5, 0.6) is 0 Å². The SMILES string of the molecule is CS(=O)(=O)c1ccc(CN2CCC3(CCN(C[C@H]4CN(C(=O)OC5CCCCC5)CC4c4ccccc4)CC3)C2=O)cc1.Cl. The molecule has 3 heterocycles. The molecule has 44 heavy (non-hydrogen) atoms. The number of carbonyl (C=O) groups excluding carboxylic acids is 2. The third-order valence-electron chi connectivity index (χ3n) is 10.4. The summed E-state index contributed by atoms with van der Waals surface area (Å²) < 4.78 is 29.5. The monoisotopic (exact) mass is 643 g/mol. The first-order valence-corrected chi connectivity index (χ1v) is 17.9. The summed E-state index contributed by atoms with van der Waals surface area (Å²) in [7, 11) is -3.24. The van der Waals surface area contributed by atoms with Crippen LogP contribution in [0.4, 0.5) is 4.79 Å². The molecule has 1 aliphatic carbocycles. The minimum absolute atomic E-state index is 0. The number of rotatable bonds is 7. The minimum Gasteiger partial charge on any atom is -0.446 e. The van der Waals surface area contributed by atoms with E-state index in [-0.39, 0.29) is 41.8 Å². The lowest BCUT2D eigenvalue weighted by molar-refractivity contribution is -0.139. The van der Waals surface area contributed by atoms with Gasteiger partial charge in [-0.15, -0.1) is 12.4 Å². The van der Waals surface area contributed by atoms with Gasteiger partial charge < -0.3 is 19.4 Å². The molecule has 0 N–H and O–H groups in total. The van der Waals surface area contributed by atoms with E-state index in [1.807, 2.05) is 28.0 Å². The highest BCUT2D eigenvalue weighted by molar-refractivity contribution is 7.90. The first kappa shape index (κ1) is 32.8. The zero-order chi connectivity index (χ0) is 30.0. The Balaban J connectivity index is 0.00000384. The molecule has 0 aromatic heterocycles. The fourth-order valence-corrected chi connectivity index (χ4v) is 8.38. The van der Waals surface area contributed by atoms with Crippen molar-refractivity contribution in [3.63, 3.8) is 0 Å². The number of likely N-dealkylation sites (tertiary alicyclic amines) is 3. The Morgan fingerprint density at radius 1 is 0.909 bits per heavy atom. The van der Waals surface area contributed by atoms with Crippen molar-refractivity contribution in [1.82, 2.24) is 14.7 Å². The van der Waals surface area contributed by atoms with E-state index in [4.69, 9.17) is 4.74 Å². The Hall–Kier alpha value is -2.62. The van der Waals surface area contributed by atoms with Crippen LogP contribution in [-0.4, -0.2) is 86.7 Å². The van der Waals surface area contributed by atoms with Crippen molar-refractivity contribution >= 4 is 34.2 Å². The van der Waals surface area contributed by atoms with Crippen LogP contribution < -0.4 is 0 Å². The van der Waals surface area contributed by atoms with Gasteiger partial charge in [-0.05, 0) is 87.2 Å². The second-order valence-corrected chi connectivity index (χ2v) is 15.3. The summed E-state index contributed by atoms with van der Waals surface area (Å²) in [4.78, 5) is 33.5. The molecule has 0 radical (unpaired) electrons. The van der Waals surface area contributed by atoms with Crippen LogP contribution in [0.2, 0.25) is 0 Å². The molecule has 1 saturated carbocycles. The van der Waals surface area contributed by atoms with Crippen molar-refractivity contribution < 1.29 is 22.7 Å². The Labute approximate surface area is 268 Å². The molecule has 2 amide bonds. The van der Waals surface area contributed by atoms with Gasteiger partial charge >= 0.3 is 6.09 Å². The molecule has 1 unspecified atom stereocenters. The predicted octanol–water partition coefficient (Wildman–Crippen LogP) is 5.51. The Morgan fingerprint density at radius 3 is 2.23 bits per heavy atom. The largest absolute Gasteiger partial charge is 0.446 e. The first-order valence-electron chi connectivity index (χ1n) is 16.0. The lowest BCUT2D eigenvalue weighted by Crippen LogP contribution is -2.46. The third-order valence-corrected chi connectivity index (χ3v) is 11.5. The Morgan fingerprint density at radius 2 is 1.57 bits per heavy atom. The van der Waals surface area contributed by atoms with Gasteiger partial charge in [-0.3, -0.25) is 4.79 Å². The van der Waals surface area contributed by atoms with Gasteiger partial charge in [0.2, 0.25) is 5.91 Å².